The number of hydrogen-bond donors (Lipinski definition) is 2. The van der Waals surface area contributed by atoms with Crippen LogP contribution >= 0.6 is 0 Å². The van der Waals surface area contributed by atoms with Crippen molar-refractivity contribution in [2.24, 2.45) is 0 Å². The lowest BCUT2D eigenvalue weighted by Gasteiger charge is -2.34. The highest BCUT2D eigenvalue weighted by atomic mass is 32.2. The monoisotopic (exact) mass is 547 g/mol. The summed E-state index contributed by atoms with van der Waals surface area (Å²) in [5.74, 6) is -0.278. The molecule has 2 aromatic rings. The van der Waals surface area contributed by atoms with Crippen LogP contribution in [-0.4, -0.2) is 54.3 Å². The van der Waals surface area contributed by atoms with E-state index in [9.17, 15) is 21.6 Å². The van der Waals surface area contributed by atoms with Crippen molar-refractivity contribution >= 4 is 37.3 Å². The van der Waals surface area contributed by atoms with Crippen LogP contribution in [0.15, 0.2) is 47.4 Å². The topological polar surface area (TPSA) is 122 Å². The Morgan fingerprint density at radius 1 is 1.00 bits per heavy atom. The van der Waals surface area contributed by atoms with Crippen molar-refractivity contribution in [2.75, 3.05) is 35.6 Å². The molecule has 37 heavy (non-hydrogen) atoms. The number of benzene rings is 2. The van der Waals surface area contributed by atoms with Crippen molar-refractivity contribution in [3.05, 3.63) is 53.6 Å². The molecule has 1 spiro atoms. The molecule has 200 valence electrons. The molecule has 2 heterocycles. The zero-order valence-corrected chi connectivity index (χ0v) is 22.8. The van der Waals surface area contributed by atoms with Gasteiger partial charge in [0, 0.05) is 35.5 Å². The standard InChI is InChI=1S/C26H33N3O6S2/c1-25(13-14-35-18-25)28-37(33,34)21-8-6-7-19(15-21)24(30)29-17-26(11-4-3-5-12-26)22-16-20(9-10-23(22)29)27-36(2,31)32/h6-10,15-16,27-28H,3-5,11-14,17-18H2,1-2H3. The van der Waals surface area contributed by atoms with Gasteiger partial charge in [0.1, 0.15) is 0 Å². The molecule has 2 fully saturated rings. The minimum absolute atomic E-state index is 0.0333. The van der Waals surface area contributed by atoms with Crippen LogP contribution in [0.2, 0.25) is 0 Å². The van der Waals surface area contributed by atoms with E-state index in [-0.39, 0.29) is 21.8 Å². The number of ether oxygens (including phenoxy) is 1. The number of sulfonamides is 2. The molecule has 3 aliphatic rings. The lowest BCUT2D eigenvalue weighted by Crippen LogP contribution is -2.46. The summed E-state index contributed by atoms with van der Waals surface area (Å²) in [4.78, 5) is 15.6. The van der Waals surface area contributed by atoms with E-state index in [1.807, 2.05) is 13.0 Å². The number of nitrogens with zero attached hydrogens (tertiary/aromatic N) is 1. The Kier molecular flexibility index (Phi) is 6.62. The molecule has 1 amide bonds. The summed E-state index contributed by atoms with van der Waals surface area (Å²) in [6, 6.07) is 11.4. The number of anilines is 2. The smallest absolute Gasteiger partial charge is 0.258 e. The first-order valence-electron chi connectivity index (χ1n) is 12.6. The molecule has 2 aliphatic heterocycles. The van der Waals surface area contributed by atoms with Gasteiger partial charge in [0.2, 0.25) is 20.0 Å². The number of carbonyl (C=O) groups excluding carboxylic acids is 1. The normalized spacial score (nSPS) is 23.2. The van der Waals surface area contributed by atoms with E-state index in [0.29, 0.717) is 31.9 Å². The van der Waals surface area contributed by atoms with E-state index in [2.05, 4.69) is 9.44 Å². The third kappa shape index (κ3) is 5.27. The van der Waals surface area contributed by atoms with E-state index < -0.39 is 25.6 Å². The Hall–Kier alpha value is -2.47. The fourth-order valence-electron chi connectivity index (χ4n) is 5.87. The van der Waals surface area contributed by atoms with Crippen LogP contribution < -0.4 is 14.3 Å². The highest BCUT2D eigenvalue weighted by molar-refractivity contribution is 7.92. The van der Waals surface area contributed by atoms with Gasteiger partial charge in [-0.1, -0.05) is 25.3 Å². The van der Waals surface area contributed by atoms with Gasteiger partial charge in [-0.2, -0.15) is 0 Å². The van der Waals surface area contributed by atoms with Gasteiger partial charge in [-0.15, -0.1) is 0 Å². The number of fused-ring (bicyclic) bond motifs is 2. The lowest BCUT2D eigenvalue weighted by molar-refractivity contribution is 0.0982. The summed E-state index contributed by atoms with van der Waals surface area (Å²) in [5, 5.41) is 0. The zero-order valence-electron chi connectivity index (χ0n) is 21.1. The molecular weight excluding hydrogens is 514 g/mol. The third-order valence-electron chi connectivity index (χ3n) is 7.67. The molecule has 1 aliphatic carbocycles. The Morgan fingerprint density at radius 2 is 1.76 bits per heavy atom. The second-order valence-corrected chi connectivity index (χ2v) is 14.3. The summed E-state index contributed by atoms with van der Waals surface area (Å²) in [6.45, 7) is 3.08. The quantitative estimate of drug-likeness (QED) is 0.572. The first-order chi connectivity index (χ1) is 17.4. The van der Waals surface area contributed by atoms with Crippen LogP contribution in [0.5, 0.6) is 0 Å². The van der Waals surface area contributed by atoms with Crippen LogP contribution in [-0.2, 0) is 30.2 Å². The van der Waals surface area contributed by atoms with Gasteiger partial charge in [0.15, 0.2) is 0 Å². The predicted molar refractivity (Wildman–Crippen MR) is 142 cm³/mol. The van der Waals surface area contributed by atoms with Crippen LogP contribution in [0.25, 0.3) is 0 Å². The molecule has 0 aromatic heterocycles. The summed E-state index contributed by atoms with van der Waals surface area (Å²) in [7, 11) is -7.30. The van der Waals surface area contributed by atoms with Gasteiger partial charge in [-0.25, -0.2) is 21.6 Å². The SMILES string of the molecule is CC1(NS(=O)(=O)c2cccc(C(=O)N3CC4(CCCCC4)c4cc(NS(C)(=O)=O)ccc43)c2)CCOC1. The van der Waals surface area contributed by atoms with Crippen LogP contribution in [0.3, 0.4) is 0 Å². The van der Waals surface area contributed by atoms with Crippen LogP contribution in [0, 0.1) is 0 Å². The largest absolute Gasteiger partial charge is 0.379 e. The first kappa shape index (κ1) is 26.1. The van der Waals surface area contributed by atoms with E-state index in [1.54, 1.807) is 29.2 Å². The predicted octanol–water partition coefficient (Wildman–Crippen LogP) is 3.38. The van der Waals surface area contributed by atoms with Crippen molar-refractivity contribution in [1.29, 1.82) is 0 Å². The van der Waals surface area contributed by atoms with Gasteiger partial charge in [-0.3, -0.25) is 9.52 Å². The summed E-state index contributed by atoms with van der Waals surface area (Å²) >= 11 is 0. The van der Waals surface area contributed by atoms with Crippen LogP contribution in [0.1, 0.15) is 61.4 Å². The van der Waals surface area contributed by atoms with Crippen molar-refractivity contribution in [3.63, 3.8) is 0 Å². The van der Waals surface area contributed by atoms with Gasteiger partial charge in [0.25, 0.3) is 5.91 Å². The Bertz CT molecular complexity index is 1430. The number of rotatable bonds is 6. The number of amides is 1. The average Bonchev–Trinajstić information content (AvgIpc) is 3.39. The summed E-state index contributed by atoms with van der Waals surface area (Å²) in [6.07, 6.45) is 6.70. The second kappa shape index (κ2) is 9.37. The summed E-state index contributed by atoms with van der Waals surface area (Å²) in [5.41, 5.74) is 1.54. The maximum Gasteiger partial charge on any atom is 0.258 e. The molecule has 0 bridgehead atoms. The van der Waals surface area contributed by atoms with E-state index in [0.717, 1.165) is 49.6 Å². The zero-order chi connectivity index (χ0) is 26.5. The molecule has 1 atom stereocenters. The third-order valence-corrected chi connectivity index (χ3v) is 9.91. The second-order valence-electron chi connectivity index (χ2n) is 10.8. The van der Waals surface area contributed by atoms with E-state index in [1.165, 1.54) is 12.1 Å². The number of carbonyl (C=O) groups is 1. The van der Waals surface area contributed by atoms with E-state index >= 15 is 0 Å². The molecule has 1 saturated heterocycles. The molecule has 2 N–H and O–H groups in total. The maximum atomic E-state index is 13.8. The van der Waals surface area contributed by atoms with Crippen molar-refractivity contribution < 1.29 is 26.4 Å². The van der Waals surface area contributed by atoms with Gasteiger partial charge < -0.3 is 9.64 Å². The van der Waals surface area contributed by atoms with Gasteiger partial charge in [-0.05, 0) is 68.1 Å². The number of nitrogens with one attached hydrogen (secondary N) is 2. The Labute approximate surface area is 218 Å². The fraction of sp³-hybridized carbons (Fsp3) is 0.500. The molecule has 2 aromatic carbocycles. The molecule has 1 saturated carbocycles. The first-order valence-corrected chi connectivity index (χ1v) is 15.9. The molecule has 5 rings (SSSR count). The fourth-order valence-corrected chi connectivity index (χ4v) is 7.89. The molecule has 9 nitrogen and oxygen atoms in total. The van der Waals surface area contributed by atoms with Gasteiger partial charge in [0.05, 0.1) is 23.3 Å². The van der Waals surface area contributed by atoms with Gasteiger partial charge >= 0.3 is 0 Å². The molecule has 11 heteroatoms. The minimum atomic E-state index is -3.86. The summed E-state index contributed by atoms with van der Waals surface area (Å²) < 4.78 is 60.6. The highest BCUT2D eigenvalue weighted by Crippen LogP contribution is 2.50. The molecule has 0 radical (unpaired) electrons. The van der Waals surface area contributed by atoms with Crippen molar-refractivity contribution in [1.82, 2.24) is 4.72 Å². The van der Waals surface area contributed by atoms with Crippen LogP contribution in [0.4, 0.5) is 11.4 Å². The Balaban J connectivity index is 1.47. The highest BCUT2D eigenvalue weighted by Gasteiger charge is 2.45. The van der Waals surface area contributed by atoms with Crippen molar-refractivity contribution in [3.8, 4) is 0 Å². The van der Waals surface area contributed by atoms with Crippen molar-refractivity contribution in [2.45, 2.75) is 61.3 Å². The minimum Gasteiger partial charge on any atom is -0.379 e. The number of hydrogen-bond acceptors (Lipinski definition) is 6. The van der Waals surface area contributed by atoms with E-state index in [4.69, 9.17) is 4.74 Å². The maximum absolute atomic E-state index is 13.8. The lowest BCUT2D eigenvalue weighted by atomic mass is 9.70. The molecule has 1 unspecified atom stereocenters. The Morgan fingerprint density at radius 3 is 2.43 bits per heavy atom. The molecular formula is C26H33N3O6S2. The average molecular weight is 548 g/mol.